The number of fused-ring (bicyclic) bond motifs is 5. The molecule has 0 unspecified atom stereocenters. The average Bonchev–Trinajstić information content (AvgIpc) is 3.52. The molecule has 4 aromatic carbocycles. The minimum Gasteiger partial charge on any atom is -0.451 e. The number of amides is 2. The van der Waals surface area contributed by atoms with Gasteiger partial charge in [-0.2, -0.15) is 13.2 Å². The molecule has 220 valence electrons. The third-order valence-electron chi connectivity index (χ3n) is 8.57. The van der Waals surface area contributed by atoms with Crippen molar-refractivity contribution in [3.8, 4) is 0 Å². The molecule has 2 amide bonds. The van der Waals surface area contributed by atoms with Crippen molar-refractivity contribution in [3.05, 3.63) is 143 Å². The zero-order valence-electron chi connectivity index (χ0n) is 23.1. The number of alkyl halides is 3. The molecule has 9 heteroatoms. The highest BCUT2D eigenvalue weighted by molar-refractivity contribution is 6.24. The van der Waals surface area contributed by atoms with Crippen molar-refractivity contribution in [2.24, 2.45) is 11.8 Å². The van der Waals surface area contributed by atoms with Gasteiger partial charge in [-0.05, 0) is 46.5 Å². The number of halogens is 3. The molecule has 6 nitrogen and oxygen atoms in total. The van der Waals surface area contributed by atoms with Crippen LogP contribution in [-0.4, -0.2) is 28.7 Å². The summed E-state index contributed by atoms with van der Waals surface area (Å²) >= 11 is 0. The number of benzene rings is 4. The van der Waals surface area contributed by atoms with E-state index in [2.05, 4.69) is 0 Å². The van der Waals surface area contributed by atoms with E-state index in [1.54, 1.807) is 11.1 Å². The molecular formula is C35H25F3N2O4. The molecule has 3 aliphatic rings. The van der Waals surface area contributed by atoms with E-state index in [1.165, 1.54) is 6.07 Å². The minimum atomic E-state index is -4.67. The molecule has 0 spiro atoms. The zero-order chi connectivity index (χ0) is 30.6. The molecule has 44 heavy (non-hydrogen) atoms. The van der Waals surface area contributed by atoms with Gasteiger partial charge in [0.2, 0.25) is 11.8 Å². The fourth-order valence-corrected chi connectivity index (χ4v) is 6.67. The molecule has 0 aliphatic carbocycles. The standard InChI is InChI=1S/C35H25F3N2O4/c36-35(37,38)24-15-9-16-25(20-24)40-32(41)27-28(33(40)42)30(39-19-18-21-10-7-8-17-26(21)29(27)39)34(43)44-31(22-11-3-1-4-12-22)23-13-5-2-6-14-23/h1-20,27-31H/t27-,28-,29+,30-/m0/s1. The topological polar surface area (TPSA) is 66.9 Å². The molecule has 0 aromatic heterocycles. The van der Waals surface area contributed by atoms with E-state index >= 15 is 0 Å². The second-order valence-corrected chi connectivity index (χ2v) is 11.0. The number of anilines is 1. The largest absolute Gasteiger partial charge is 0.451 e. The molecule has 0 bridgehead atoms. The summed E-state index contributed by atoms with van der Waals surface area (Å²) in [5.41, 5.74) is 1.84. The Labute approximate surface area is 251 Å². The molecule has 2 saturated heterocycles. The smallest absolute Gasteiger partial charge is 0.416 e. The Balaban J connectivity index is 1.31. The van der Waals surface area contributed by atoms with Gasteiger partial charge in [0.05, 0.1) is 29.1 Å². The van der Waals surface area contributed by atoms with Crippen LogP contribution < -0.4 is 4.90 Å². The van der Waals surface area contributed by atoms with Gasteiger partial charge in [0, 0.05) is 6.20 Å². The van der Waals surface area contributed by atoms with Crippen LogP contribution in [0.15, 0.2) is 115 Å². The second-order valence-electron chi connectivity index (χ2n) is 11.0. The number of hydrogen-bond acceptors (Lipinski definition) is 5. The predicted molar refractivity (Wildman–Crippen MR) is 156 cm³/mol. The van der Waals surface area contributed by atoms with Gasteiger partial charge < -0.3 is 9.64 Å². The Morgan fingerprint density at radius 3 is 2.02 bits per heavy atom. The Bertz CT molecular complexity index is 1750. The number of rotatable bonds is 5. The van der Waals surface area contributed by atoms with Crippen molar-refractivity contribution in [2.45, 2.75) is 24.4 Å². The van der Waals surface area contributed by atoms with E-state index in [4.69, 9.17) is 4.74 Å². The summed E-state index contributed by atoms with van der Waals surface area (Å²) in [4.78, 5) is 45.0. The van der Waals surface area contributed by atoms with E-state index < -0.39 is 59.5 Å². The summed E-state index contributed by atoms with van der Waals surface area (Å²) in [5.74, 6) is -4.31. The van der Waals surface area contributed by atoms with Crippen molar-refractivity contribution >= 4 is 29.5 Å². The van der Waals surface area contributed by atoms with Crippen LogP contribution in [0.1, 0.15) is 40.0 Å². The molecule has 2 fully saturated rings. The number of carbonyl (C=O) groups excluding carboxylic acids is 3. The first-order valence-electron chi connectivity index (χ1n) is 14.1. The van der Waals surface area contributed by atoms with Gasteiger partial charge in [0.25, 0.3) is 0 Å². The van der Waals surface area contributed by atoms with Crippen LogP contribution in [0.25, 0.3) is 6.08 Å². The second kappa shape index (κ2) is 10.5. The van der Waals surface area contributed by atoms with Gasteiger partial charge in [-0.15, -0.1) is 0 Å². The maximum Gasteiger partial charge on any atom is 0.416 e. The molecule has 4 atom stereocenters. The molecule has 0 N–H and O–H groups in total. The molecule has 3 aliphatic heterocycles. The van der Waals surface area contributed by atoms with E-state index in [1.807, 2.05) is 91.0 Å². The third kappa shape index (κ3) is 4.47. The number of nitrogens with zero attached hydrogens (tertiary/aromatic N) is 2. The lowest BCUT2D eigenvalue weighted by Crippen LogP contribution is -2.45. The van der Waals surface area contributed by atoms with Crippen LogP contribution >= 0.6 is 0 Å². The number of imide groups is 1. The summed E-state index contributed by atoms with van der Waals surface area (Å²) in [6, 6.07) is 28.0. The van der Waals surface area contributed by atoms with Crippen molar-refractivity contribution in [3.63, 3.8) is 0 Å². The van der Waals surface area contributed by atoms with Gasteiger partial charge in [0.15, 0.2) is 6.10 Å². The first-order chi connectivity index (χ1) is 21.2. The monoisotopic (exact) mass is 594 g/mol. The summed E-state index contributed by atoms with van der Waals surface area (Å²) in [7, 11) is 0. The number of carbonyl (C=O) groups is 3. The predicted octanol–water partition coefficient (Wildman–Crippen LogP) is 6.55. The Hall–Kier alpha value is -5.18. The number of esters is 1. The van der Waals surface area contributed by atoms with Crippen molar-refractivity contribution < 1.29 is 32.3 Å². The third-order valence-corrected chi connectivity index (χ3v) is 8.57. The summed E-state index contributed by atoms with van der Waals surface area (Å²) < 4.78 is 46.9. The van der Waals surface area contributed by atoms with Crippen molar-refractivity contribution in [1.82, 2.24) is 4.90 Å². The number of ether oxygens (including phenoxy) is 1. The highest BCUT2D eigenvalue weighted by Crippen LogP contribution is 2.54. The van der Waals surface area contributed by atoms with Crippen LogP contribution in [-0.2, 0) is 25.3 Å². The molecular weight excluding hydrogens is 569 g/mol. The van der Waals surface area contributed by atoms with Gasteiger partial charge in [-0.3, -0.25) is 9.59 Å². The number of hydrogen-bond donors (Lipinski definition) is 0. The van der Waals surface area contributed by atoms with Crippen LogP contribution in [0.5, 0.6) is 0 Å². The quantitative estimate of drug-likeness (QED) is 0.194. The molecule has 4 aromatic rings. The maximum atomic E-state index is 14.3. The van der Waals surface area contributed by atoms with E-state index in [0.29, 0.717) is 0 Å². The average molecular weight is 595 g/mol. The Morgan fingerprint density at radius 2 is 1.36 bits per heavy atom. The van der Waals surface area contributed by atoms with Gasteiger partial charge >= 0.3 is 12.1 Å². The van der Waals surface area contributed by atoms with E-state index in [-0.39, 0.29) is 5.69 Å². The van der Waals surface area contributed by atoms with Crippen LogP contribution in [0.4, 0.5) is 18.9 Å². The van der Waals surface area contributed by atoms with Gasteiger partial charge in [-0.1, -0.05) is 91.0 Å². The van der Waals surface area contributed by atoms with Gasteiger partial charge in [-0.25, -0.2) is 9.69 Å². The SMILES string of the molecule is O=C(OC(c1ccccc1)c1ccccc1)[C@@H]1[C@H]2C(=O)N(c3cccc(C(F)(F)F)c3)C(=O)[C@@H]2[C@H]2c3ccccc3C=CN12. The molecule has 7 rings (SSSR count). The maximum absolute atomic E-state index is 14.3. The van der Waals surface area contributed by atoms with E-state index in [9.17, 15) is 27.6 Å². The minimum absolute atomic E-state index is 0.186. The first-order valence-corrected chi connectivity index (χ1v) is 14.1. The summed E-state index contributed by atoms with van der Waals surface area (Å²) in [6.45, 7) is 0. The highest BCUT2D eigenvalue weighted by Gasteiger charge is 2.65. The lowest BCUT2D eigenvalue weighted by molar-refractivity contribution is -0.155. The van der Waals surface area contributed by atoms with Gasteiger partial charge in [0.1, 0.15) is 6.04 Å². The lowest BCUT2D eigenvalue weighted by atomic mass is 9.84. The Morgan fingerprint density at radius 1 is 0.750 bits per heavy atom. The molecule has 0 saturated carbocycles. The van der Waals surface area contributed by atoms with E-state index in [0.717, 1.165) is 45.4 Å². The van der Waals surface area contributed by atoms with Crippen LogP contribution in [0.2, 0.25) is 0 Å². The van der Waals surface area contributed by atoms with Crippen molar-refractivity contribution in [2.75, 3.05) is 4.90 Å². The van der Waals surface area contributed by atoms with Crippen molar-refractivity contribution in [1.29, 1.82) is 0 Å². The fraction of sp³-hybridized carbons (Fsp3) is 0.171. The highest BCUT2D eigenvalue weighted by atomic mass is 19.4. The van der Waals surface area contributed by atoms with Crippen LogP contribution in [0.3, 0.4) is 0 Å². The Kier molecular flexibility index (Phi) is 6.61. The molecule has 3 heterocycles. The molecule has 0 radical (unpaired) electrons. The first kappa shape index (κ1) is 27.6. The summed E-state index contributed by atoms with van der Waals surface area (Å²) in [6.07, 6.45) is -1.95. The fourth-order valence-electron chi connectivity index (χ4n) is 6.67. The zero-order valence-corrected chi connectivity index (χ0v) is 23.1. The normalized spacial score (nSPS) is 22.2. The lowest BCUT2D eigenvalue weighted by Gasteiger charge is -2.35. The van der Waals surface area contributed by atoms with Crippen LogP contribution in [0, 0.1) is 11.8 Å². The summed E-state index contributed by atoms with van der Waals surface area (Å²) in [5, 5.41) is 0.